The number of hydrogen-bond donors (Lipinski definition) is 2. The number of carbonyl (C=O) groups excluding carboxylic acids is 2. The van der Waals surface area contributed by atoms with Crippen molar-refractivity contribution in [2.45, 2.75) is 19.5 Å². The molecule has 8 heteroatoms. The zero-order chi connectivity index (χ0) is 23.6. The third-order valence-electron chi connectivity index (χ3n) is 5.99. The Morgan fingerprint density at radius 3 is 2.47 bits per heavy atom. The van der Waals surface area contributed by atoms with Crippen molar-refractivity contribution in [1.29, 1.82) is 0 Å². The van der Waals surface area contributed by atoms with Crippen molar-refractivity contribution < 1.29 is 9.59 Å². The summed E-state index contributed by atoms with van der Waals surface area (Å²) in [7, 11) is 0. The van der Waals surface area contributed by atoms with Crippen molar-refractivity contribution in [3.63, 3.8) is 0 Å². The first-order valence-corrected chi connectivity index (χ1v) is 11.8. The van der Waals surface area contributed by atoms with E-state index in [1.54, 1.807) is 36.8 Å². The molecule has 1 aliphatic rings. The van der Waals surface area contributed by atoms with Gasteiger partial charge in [-0.3, -0.25) is 19.4 Å². The molecule has 0 spiro atoms. The molecule has 178 valence electrons. The van der Waals surface area contributed by atoms with Gasteiger partial charge in [0.25, 0.3) is 5.91 Å². The quantitative estimate of drug-likeness (QED) is 0.486. The molecule has 1 fully saturated rings. The standard InChI is InChI=1S/C26H32N6O2/c33-25(9-12-32-13-10-27-21-32)29-24-8-4-7-23(19-24)26(34)28-11-14-30-15-17-31(18-16-30)20-22-5-2-1-3-6-22/h1-8,10,13,19,21H,9,11-12,14-18,20H2,(H,28,34)(H,29,33). The lowest BCUT2D eigenvalue weighted by molar-refractivity contribution is -0.116. The maximum absolute atomic E-state index is 12.6. The minimum Gasteiger partial charge on any atom is -0.351 e. The van der Waals surface area contributed by atoms with Crippen LogP contribution in [0.2, 0.25) is 0 Å². The van der Waals surface area contributed by atoms with E-state index in [-0.39, 0.29) is 11.8 Å². The molecule has 3 aromatic rings. The molecule has 2 N–H and O–H groups in total. The number of amides is 2. The Morgan fingerprint density at radius 1 is 0.912 bits per heavy atom. The van der Waals surface area contributed by atoms with Gasteiger partial charge < -0.3 is 15.2 Å². The average molecular weight is 461 g/mol. The van der Waals surface area contributed by atoms with E-state index in [1.807, 2.05) is 16.8 Å². The summed E-state index contributed by atoms with van der Waals surface area (Å²) in [5.74, 6) is -0.227. The van der Waals surface area contributed by atoms with Gasteiger partial charge in [-0.05, 0) is 23.8 Å². The van der Waals surface area contributed by atoms with Crippen molar-refractivity contribution in [3.8, 4) is 0 Å². The first-order valence-electron chi connectivity index (χ1n) is 11.8. The Hall–Kier alpha value is -3.49. The number of nitrogens with one attached hydrogen (secondary N) is 2. The van der Waals surface area contributed by atoms with Gasteiger partial charge >= 0.3 is 0 Å². The highest BCUT2D eigenvalue weighted by Gasteiger charge is 2.17. The van der Waals surface area contributed by atoms with Gasteiger partial charge in [0, 0.05) is 82.4 Å². The molecule has 1 aliphatic heterocycles. The smallest absolute Gasteiger partial charge is 0.251 e. The minimum absolute atomic E-state index is 0.0994. The third kappa shape index (κ3) is 7.26. The van der Waals surface area contributed by atoms with E-state index < -0.39 is 0 Å². The van der Waals surface area contributed by atoms with Crippen LogP contribution in [0.25, 0.3) is 0 Å². The second-order valence-electron chi connectivity index (χ2n) is 8.54. The molecule has 0 aliphatic carbocycles. The topological polar surface area (TPSA) is 82.5 Å². The van der Waals surface area contributed by atoms with Crippen molar-refractivity contribution in [2.75, 3.05) is 44.6 Å². The summed E-state index contributed by atoms with van der Waals surface area (Å²) in [6.07, 6.45) is 5.53. The maximum atomic E-state index is 12.6. The van der Waals surface area contributed by atoms with Crippen LogP contribution in [0.3, 0.4) is 0 Å². The summed E-state index contributed by atoms with van der Waals surface area (Å²) in [5, 5.41) is 5.87. The maximum Gasteiger partial charge on any atom is 0.251 e. The van der Waals surface area contributed by atoms with Crippen molar-refractivity contribution >= 4 is 17.5 Å². The lowest BCUT2D eigenvalue weighted by Crippen LogP contribution is -2.48. The number of nitrogens with zero attached hydrogens (tertiary/aromatic N) is 4. The van der Waals surface area contributed by atoms with Crippen LogP contribution >= 0.6 is 0 Å². The molecule has 0 saturated carbocycles. The Kier molecular flexibility index (Phi) is 8.43. The van der Waals surface area contributed by atoms with E-state index >= 15 is 0 Å². The van der Waals surface area contributed by atoms with Gasteiger partial charge in [0.15, 0.2) is 0 Å². The molecule has 4 rings (SSSR count). The predicted octanol–water partition coefficient (Wildman–Crippen LogP) is 2.46. The molecule has 1 saturated heterocycles. The lowest BCUT2D eigenvalue weighted by Gasteiger charge is -2.34. The van der Waals surface area contributed by atoms with E-state index in [0.29, 0.717) is 30.8 Å². The van der Waals surface area contributed by atoms with Gasteiger partial charge in [-0.1, -0.05) is 36.4 Å². The number of hydrogen-bond acceptors (Lipinski definition) is 5. The van der Waals surface area contributed by atoms with Gasteiger partial charge in [0.05, 0.1) is 6.33 Å². The van der Waals surface area contributed by atoms with E-state index in [0.717, 1.165) is 39.3 Å². The number of benzene rings is 2. The fraction of sp³-hybridized carbons (Fsp3) is 0.346. The molecule has 2 heterocycles. The molecule has 0 bridgehead atoms. The molecule has 2 aromatic carbocycles. The highest BCUT2D eigenvalue weighted by molar-refractivity contribution is 5.97. The summed E-state index contributed by atoms with van der Waals surface area (Å²) < 4.78 is 1.85. The summed E-state index contributed by atoms with van der Waals surface area (Å²) in [5.41, 5.74) is 2.51. The second-order valence-corrected chi connectivity index (χ2v) is 8.54. The molecule has 0 unspecified atom stereocenters. The highest BCUT2D eigenvalue weighted by Crippen LogP contribution is 2.12. The number of aromatic nitrogens is 2. The molecular formula is C26H32N6O2. The Morgan fingerprint density at radius 2 is 1.71 bits per heavy atom. The van der Waals surface area contributed by atoms with Crippen molar-refractivity contribution in [1.82, 2.24) is 24.7 Å². The SMILES string of the molecule is O=C(CCn1ccnc1)Nc1cccc(C(=O)NCCN2CCN(Cc3ccccc3)CC2)c1. The van der Waals surface area contributed by atoms with Crippen molar-refractivity contribution in [3.05, 3.63) is 84.4 Å². The normalized spacial score (nSPS) is 14.6. The van der Waals surface area contributed by atoms with Gasteiger partial charge in [-0.25, -0.2) is 4.98 Å². The number of aryl methyl sites for hydroxylation is 1. The van der Waals surface area contributed by atoms with Crippen LogP contribution in [0.1, 0.15) is 22.3 Å². The number of piperazine rings is 1. The van der Waals surface area contributed by atoms with Crippen LogP contribution in [0.15, 0.2) is 73.3 Å². The second kappa shape index (κ2) is 12.1. The van der Waals surface area contributed by atoms with Crippen LogP contribution in [-0.4, -0.2) is 70.4 Å². The van der Waals surface area contributed by atoms with Gasteiger partial charge in [0.2, 0.25) is 5.91 Å². The first-order chi connectivity index (χ1) is 16.7. The van der Waals surface area contributed by atoms with Gasteiger partial charge in [0.1, 0.15) is 0 Å². The van der Waals surface area contributed by atoms with Gasteiger partial charge in [-0.15, -0.1) is 0 Å². The van der Waals surface area contributed by atoms with Crippen LogP contribution < -0.4 is 10.6 Å². The zero-order valence-corrected chi connectivity index (χ0v) is 19.4. The summed E-state index contributed by atoms with van der Waals surface area (Å²) in [4.78, 5) is 33.6. The summed E-state index contributed by atoms with van der Waals surface area (Å²) in [6.45, 7) is 7.05. The third-order valence-corrected chi connectivity index (χ3v) is 5.99. The Balaban J connectivity index is 1.15. The van der Waals surface area contributed by atoms with E-state index in [1.165, 1.54) is 5.56 Å². The van der Waals surface area contributed by atoms with Crippen LogP contribution in [0.5, 0.6) is 0 Å². The van der Waals surface area contributed by atoms with Crippen LogP contribution in [-0.2, 0) is 17.9 Å². The zero-order valence-electron chi connectivity index (χ0n) is 19.4. The largest absolute Gasteiger partial charge is 0.351 e. The van der Waals surface area contributed by atoms with Crippen LogP contribution in [0.4, 0.5) is 5.69 Å². The van der Waals surface area contributed by atoms with E-state index in [2.05, 4.69) is 49.7 Å². The van der Waals surface area contributed by atoms with Crippen molar-refractivity contribution in [2.24, 2.45) is 0 Å². The molecule has 0 atom stereocenters. The molecule has 2 amide bonds. The molecule has 34 heavy (non-hydrogen) atoms. The van der Waals surface area contributed by atoms with Gasteiger partial charge in [-0.2, -0.15) is 0 Å². The molecule has 1 aromatic heterocycles. The van der Waals surface area contributed by atoms with Crippen LogP contribution in [0, 0.1) is 0 Å². The van der Waals surface area contributed by atoms with E-state index in [4.69, 9.17) is 0 Å². The number of carbonyl (C=O) groups is 2. The highest BCUT2D eigenvalue weighted by atomic mass is 16.2. The Bertz CT molecular complexity index is 1050. The monoisotopic (exact) mass is 460 g/mol. The Labute approximate surface area is 200 Å². The summed E-state index contributed by atoms with van der Waals surface area (Å²) >= 11 is 0. The number of rotatable bonds is 10. The molecule has 0 radical (unpaired) electrons. The van der Waals surface area contributed by atoms with E-state index in [9.17, 15) is 9.59 Å². The number of imidazole rings is 1. The number of anilines is 1. The lowest BCUT2D eigenvalue weighted by atomic mass is 10.2. The fourth-order valence-corrected chi connectivity index (χ4v) is 4.05. The summed E-state index contributed by atoms with van der Waals surface area (Å²) in [6, 6.07) is 17.6. The average Bonchev–Trinajstić information content (AvgIpc) is 3.38. The fourth-order valence-electron chi connectivity index (χ4n) is 4.05. The minimum atomic E-state index is -0.128. The molecule has 8 nitrogen and oxygen atoms in total. The first kappa shape index (κ1) is 23.7. The predicted molar refractivity (Wildman–Crippen MR) is 132 cm³/mol. The molecular weight excluding hydrogens is 428 g/mol.